The van der Waals surface area contributed by atoms with E-state index in [0.717, 1.165) is 22.3 Å². The molecule has 0 amide bonds. The Morgan fingerprint density at radius 1 is 0.708 bits per heavy atom. The summed E-state index contributed by atoms with van der Waals surface area (Å²) in [7, 11) is 0. The standard InChI is InChI=1S/C23H20O/c1-14-12-15(2)21(16(3)13-14)22-17-8-4-6-10-19(17)23(24)20-11-7-5-9-18(20)22/h4-13,22H,1-3H3. The molecule has 118 valence electrons. The molecule has 0 radical (unpaired) electrons. The molecule has 1 heteroatoms. The van der Waals surface area contributed by atoms with Crippen molar-refractivity contribution < 1.29 is 4.79 Å². The first-order valence-corrected chi connectivity index (χ1v) is 8.38. The highest BCUT2D eigenvalue weighted by molar-refractivity contribution is 6.13. The summed E-state index contributed by atoms with van der Waals surface area (Å²) in [5.74, 6) is 0.260. The molecular formula is C23H20O. The van der Waals surface area contributed by atoms with Crippen LogP contribution in [-0.2, 0) is 0 Å². The summed E-state index contributed by atoms with van der Waals surface area (Å²) < 4.78 is 0. The fraction of sp³-hybridized carbons (Fsp3) is 0.174. The highest BCUT2D eigenvalue weighted by Crippen LogP contribution is 2.43. The Morgan fingerprint density at radius 2 is 1.17 bits per heavy atom. The van der Waals surface area contributed by atoms with Crippen molar-refractivity contribution >= 4 is 5.78 Å². The van der Waals surface area contributed by atoms with E-state index in [9.17, 15) is 4.79 Å². The van der Waals surface area contributed by atoms with Gasteiger partial charge in [-0.2, -0.15) is 0 Å². The number of ketones is 1. The average molecular weight is 312 g/mol. The van der Waals surface area contributed by atoms with E-state index in [0.29, 0.717) is 0 Å². The quantitative estimate of drug-likeness (QED) is 0.464. The average Bonchev–Trinajstić information content (AvgIpc) is 2.57. The van der Waals surface area contributed by atoms with E-state index in [1.54, 1.807) is 0 Å². The minimum Gasteiger partial charge on any atom is -0.289 e. The third-order valence-electron chi connectivity index (χ3n) is 5.06. The molecule has 0 bridgehead atoms. The molecule has 1 aliphatic rings. The number of rotatable bonds is 1. The molecule has 0 heterocycles. The molecule has 24 heavy (non-hydrogen) atoms. The first-order valence-electron chi connectivity index (χ1n) is 8.38. The SMILES string of the molecule is Cc1cc(C)c(C2c3ccccc3C(=O)c3ccccc32)c(C)c1. The third kappa shape index (κ3) is 2.12. The fourth-order valence-corrected chi connectivity index (χ4v) is 4.18. The molecule has 0 fully saturated rings. The van der Waals surface area contributed by atoms with Crippen molar-refractivity contribution in [2.24, 2.45) is 0 Å². The van der Waals surface area contributed by atoms with Crippen LogP contribution in [0.4, 0.5) is 0 Å². The van der Waals surface area contributed by atoms with Crippen molar-refractivity contribution in [2.45, 2.75) is 26.7 Å². The third-order valence-corrected chi connectivity index (χ3v) is 5.06. The maximum atomic E-state index is 12.9. The van der Waals surface area contributed by atoms with Crippen molar-refractivity contribution in [1.82, 2.24) is 0 Å². The molecule has 0 aromatic heterocycles. The number of hydrogen-bond donors (Lipinski definition) is 0. The summed E-state index contributed by atoms with van der Waals surface area (Å²) in [6, 6.07) is 20.6. The topological polar surface area (TPSA) is 17.1 Å². The lowest BCUT2D eigenvalue weighted by Gasteiger charge is -2.30. The van der Waals surface area contributed by atoms with E-state index in [1.165, 1.54) is 22.3 Å². The van der Waals surface area contributed by atoms with Crippen LogP contribution in [0, 0.1) is 20.8 Å². The van der Waals surface area contributed by atoms with Crippen LogP contribution in [0.5, 0.6) is 0 Å². The van der Waals surface area contributed by atoms with Gasteiger partial charge in [0.05, 0.1) is 0 Å². The van der Waals surface area contributed by atoms with Gasteiger partial charge in [0.15, 0.2) is 5.78 Å². The second kappa shape index (κ2) is 5.45. The minimum atomic E-state index is 0.121. The van der Waals surface area contributed by atoms with Crippen LogP contribution < -0.4 is 0 Å². The van der Waals surface area contributed by atoms with Gasteiger partial charge in [-0.15, -0.1) is 0 Å². The maximum absolute atomic E-state index is 12.9. The monoisotopic (exact) mass is 312 g/mol. The normalized spacial score (nSPS) is 13.5. The number of aryl methyl sites for hydroxylation is 3. The number of carbonyl (C=O) groups excluding carboxylic acids is 1. The van der Waals surface area contributed by atoms with Gasteiger partial charge in [0.2, 0.25) is 0 Å². The first-order chi connectivity index (χ1) is 11.6. The van der Waals surface area contributed by atoms with Crippen LogP contribution in [-0.4, -0.2) is 5.78 Å². The molecule has 0 atom stereocenters. The maximum Gasteiger partial charge on any atom is 0.193 e. The van der Waals surface area contributed by atoms with E-state index in [4.69, 9.17) is 0 Å². The van der Waals surface area contributed by atoms with Crippen molar-refractivity contribution in [3.05, 3.63) is 105 Å². The molecule has 4 rings (SSSR count). The Bertz CT molecular complexity index is 893. The summed E-state index contributed by atoms with van der Waals surface area (Å²) in [4.78, 5) is 12.9. The smallest absolute Gasteiger partial charge is 0.193 e. The second-order valence-electron chi connectivity index (χ2n) is 6.75. The Balaban J connectivity index is 2.07. The van der Waals surface area contributed by atoms with Crippen molar-refractivity contribution in [2.75, 3.05) is 0 Å². The van der Waals surface area contributed by atoms with Crippen LogP contribution in [0.25, 0.3) is 0 Å². The summed E-state index contributed by atoms with van der Waals surface area (Å²) in [6.45, 7) is 6.49. The Hall–Kier alpha value is -2.67. The van der Waals surface area contributed by atoms with E-state index >= 15 is 0 Å². The van der Waals surface area contributed by atoms with Gasteiger partial charge >= 0.3 is 0 Å². The molecule has 0 N–H and O–H groups in total. The van der Waals surface area contributed by atoms with Gasteiger partial charge < -0.3 is 0 Å². The highest BCUT2D eigenvalue weighted by Gasteiger charge is 2.32. The molecule has 1 nitrogen and oxygen atoms in total. The predicted octanol–water partition coefficient (Wildman–Crippen LogP) is 5.34. The number of benzene rings is 3. The molecule has 0 spiro atoms. The minimum absolute atomic E-state index is 0.121. The van der Waals surface area contributed by atoms with E-state index in [1.807, 2.05) is 36.4 Å². The lowest BCUT2D eigenvalue weighted by molar-refractivity contribution is 0.103. The zero-order chi connectivity index (χ0) is 16.8. The summed E-state index contributed by atoms with van der Waals surface area (Å²) in [5, 5.41) is 0. The lowest BCUT2D eigenvalue weighted by Crippen LogP contribution is -2.21. The summed E-state index contributed by atoms with van der Waals surface area (Å²) in [5.41, 5.74) is 9.09. The summed E-state index contributed by atoms with van der Waals surface area (Å²) in [6.07, 6.45) is 0. The molecule has 0 saturated carbocycles. The zero-order valence-corrected chi connectivity index (χ0v) is 14.3. The van der Waals surface area contributed by atoms with Gasteiger partial charge in [0.1, 0.15) is 0 Å². The largest absolute Gasteiger partial charge is 0.289 e. The Kier molecular flexibility index (Phi) is 3.38. The lowest BCUT2D eigenvalue weighted by atomic mass is 9.72. The van der Waals surface area contributed by atoms with Crippen LogP contribution in [0.1, 0.15) is 55.2 Å². The van der Waals surface area contributed by atoms with E-state index in [-0.39, 0.29) is 11.7 Å². The van der Waals surface area contributed by atoms with Gasteiger partial charge in [-0.25, -0.2) is 0 Å². The molecule has 0 unspecified atom stereocenters. The number of carbonyl (C=O) groups is 1. The molecule has 0 aliphatic heterocycles. The molecule has 0 saturated heterocycles. The van der Waals surface area contributed by atoms with Gasteiger partial charge in [-0.1, -0.05) is 66.2 Å². The van der Waals surface area contributed by atoms with E-state index in [2.05, 4.69) is 45.0 Å². The van der Waals surface area contributed by atoms with Gasteiger partial charge in [0.25, 0.3) is 0 Å². The van der Waals surface area contributed by atoms with Gasteiger partial charge in [0, 0.05) is 17.0 Å². The summed E-state index contributed by atoms with van der Waals surface area (Å²) >= 11 is 0. The molecule has 1 aliphatic carbocycles. The van der Waals surface area contributed by atoms with Crippen molar-refractivity contribution in [3.63, 3.8) is 0 Å². The molecular weight excluding hydrogens is 292 g/mol. The van der Waals surface area contributed by atoms with Crippen LogP contribution in [0.15, 0.2) is 60.7 Å². The predicted molar refractivity (Wildman–Crippen MR) is 97.9 cm³/mol. The number of fused-ring (bicyclic) bond motifs is 2. The van der Waals surface area contributed by atoms with Crippen LogP contribution >= 0.6 is 0 Å². The molecule has 3 aromatic carbocycles. The highest BCUT2D eigenvalue weighted by atomic mass is 16.1. The van der Waals surface area contributed by atoms with Gasteiger partial charge in [-0.05, 0) is 48.6 Å². The van der Waals surface area contributed by atoms with Gasteiger partial charge in [-0.3, -0.25) is 4.79 Å². The Morgan fingerprint density at radius 3 is 1.67 bits per heavy atom. The number of hydrogen-bond acceptors (Lipinski definition) is 1. The fourth-order valence-electron chi connectivity index (χ4n) is 4.18. The zero-order valence-electron chi connectivity index (χ0n) is 14.3. The second-order valence-corrected chi connectivity index (χ2v) is 6.75. The van der Waals surface area contributed by atoms with Crippen molar-refractivity contribution in [3.8, 4) is 0 Å². The van der Waals surface area contributed by atoms with Crippen LogP contribution in [0.2, 0.25) is 0 Å². The van der Waals surface area contributed by atoms with E-state index < -0.39 is 0 Å². The Labute approximate surface area is 143 Å². The van der Waals surface area contributed by atoms with Crippen LogP contribution in [0.3, 0.4) is 0 Å². The first kappa shape index (κ1) is 14.9. The molecule has 3 aromatic rings. The van der Waals surface area contributed by atoms with Crippen molar-refractivity contribution in [1.29, 1.82) is 0 Å².